The number of aromatic amines is 1. The summed E-state index contributed by atoms with van der Waals surface area (Å²) in [7, 11) is 0. The number of carbonyl (C=O) groups is 1. The van der Waals surface area contributed by atoms with Crippen LogP contribution in [0.15, 0.2) is 24.3 Å². The molecule has 1 aromatic heterocycles. The number of rotatable bonds is 3. The predicted octanol–water partition coefficient (Wildman–Crippen LogP) is 3.65. The second-order valence-electron chi connectivity index (χ2n) is 7.08. The highest BCUT2D eigenvalue weighted by Gasteiger charge is 2.18. The number of carbonyl (C=O) groups excluding carboxylic acids is 1. The molecule has 1 aliphatic heterocycles. The van der Waals surface area contributed by atoms with Crippen LogP contribution in [-0.4, -0.2) is 23.8 Å². The highest BCUT2D eigenvalue weighted by Crippen LogP contribution is 2.26. The summed E-state index contributed by atoms with van der Waals surface area (Å²) in [5, 5.41) is 1.01. The number of hydroxylamine groups is 1. The molecule has 0 aliphatic carbocycles. The van der Waals surface area contributed by atoms with Gasteiger partial charge in [-0.1, -0.05) is 32.9 Å². The van der Waals surface area contributed by atoms with Crippen molar-refractivity contribution in [2.75, 3.05) is 6.61 Å². The van der Waals surface area contributed by atoms with Crippen molar-refractivity contribution in [2.45, 2.75) is 51.7 Å². The zero-order valence-corrected chi connectivity index (χ0v) is 13.9. The van der Waals surface area contributed by atoms with Crippen LogP contribution in [-0.2, 0) is 15.0 Å². The Hall–Kier alpha value is -1.85. The smallest absolute Gasteiger partial charge is 0.291 e. The highest BCUT2D eigenvalue weighted by atomic mass is 16.8. The van der Waals surface area contributed by atoms with Crippen molar-refractivity contribution in [1.82, 2.24) is 10.5 Å². The number of benzene rings is 1. The molecule has 5 heteroatoms. The van der Waals surface area contributed by atoms with Crippen LogP contribution in [0, 0.1) is 0 Å². The van der Waals surface area contributed by atoms with Gasteiger partial charge in [-0.15, -0.1) is 0 Å². The van der Waals surface area contributed by atoms with Crippen LogP contribution in [0.5, 0.6) is 0 Å². The minimum atomic E-state index is -0.343. The van der Waals surface area contributed by atoms with E-state index in [0.29, 0.717) is 12.3 Å². The van der Waals surface area contributed by atoms with Crippen LogP contribution in [0.4, 0.5) is 0 Å². The van der Waals surface area contributed by atoms with E-state index in [0.717, 1.165) is 30.2 Å². The van der Waals surface area contributed by atoms with E-state index in [2.05, 4.69) is 43.4 Å². The van der Waals surface area contributed by atoms with Gasteiger partial charge in [0.05, 0.1) is 0 Å². The molecule has 2 N–H and O–H groups in total. The lowest BCUT2D eigenvalue weighted by molar-refractivity contribution is -0.186. The Morgan fingerprint density at radius 1 is 1.30 bits per heavy atom. The molecule has 0 bridgehead atoms. The zero-order valence-electron chi connectivity index (χ0n) is 13.9. The fourth-order valence-corrected chi connectivity index (χ4v) is 2.69. The lowest BCUT2D eigenvalue weighted by Crippen LogP contribution is -2.33. The maximum Gasteiger partial charge on any atom is 0.291 e. The molecule has 1 saturated heterocycles. The van der Waals surface area contributed by atoms with E-state index in [4.69, 9.17) is 9.57 Å². The molecule has 5 nitrogen and oxygen atoms in total. The summed E-state index contributed by atoms with van der Waals surface area (Å²) in [6.45, 7) is 7.19. The van der Waals surface area contributed by atoms with Crippen molar-refractivity contribution in [3.8, 4) is 0 Å². The Bertz CT molecular complexity index is 694. The van der Waals surface area contributed by atoms with E-state index in [-0.39, 0.29) is 17.6 Å². The summed E-state index contributed by atoms with van der Waals surface area (Å²) in [5.41, 5.74) is 5.22. The number of aromatic nitrogens is 1. The Kier molecular flexibility index (Phi) is 4.41. The average Bonchev–Trinajstić information content (AvgIpc) is 2.96. The standard InChI is InChI=1S/C18H24N2O3/c1-18(2,3)13-8-7-12-10-15(19-14(12)11-13)17(21)20-23-16-6-4-5-9-22-16/h7-8,10-11,16,19H,4-6,9H2,1-3H3,(H,20,21). The highest BCUT2D eigenvalue weighted by molar-refractivity contribution is 5.97. The van der Waals surface area contributed by atoms with E-state index in [1.54, 1.807) is 0 Å². The Morgan fingerprint density at radius 3 is 2.83 bits per heavy atom. The van der Waals surface area contributed by atoms with Crippen LogP contribution in [0.2, 0.25) is 0 Å². The van der Waals surface area contributed by atoms with Gasteiger partial charge in [-0.05, 0) is 36.0 Å². The molecular weight excluding hydrogens is 292 g/mol. The maximum absolute atomic E-state index is 12.2. The van der Waals surface area contributed by atoms with Crippen molar-refractivity contribution in [1.29, 1.82) is 0 Å². The normalized spacial score (nSPS) is 19.0. The summed E-state index contributed by atoms with van der Waals surface area (Å²) in [6, 6.07) is 8.07. The average molecular weight is 316 g/mol. The molecule has 1 unspecified atom stereocenters. The van der Waals surface area contributed by atoms with E-state index in [9.17, 15) is 4.79 Å². The van der Waals surface area contributed by atoms with Gasteiger partial charge in [0.25, 0.3) is 5.91 Å². The summed E-state index contributed by atoms with van der Waals surface area (Å²) >= 11 is 0. The maximum atomic E-state index is 12.2. The largest absolute Gasteiger partial charge is 0.350 e. The third-order valence-electron chi connectivity index (χ3n) is 4.15. The number of fused-ring (bicyclic) bond motifs is 1. The molecule has 0 spiro atoms. The Balaban J connectivity index is 1.70. The Morgan fingerprint density at radius 2 is 2.13 bits per heavy atom. The summed E-state index contributed by atoms with van der Waals surface area (Å²) in [5.74, 6) is -0.285. The molecule has 0 radical (unpaired) electrons. The molecule has 1 aromatic carbocycles. The first-order chi connectivity index (χ1) is 10.9. The van der Waals surface area contributed by atoms with Crippen molar-refractivity contribution >= 4 is 16.8 Å². The van der Waals surface area contributed by atoms with E-state index >= 15 is 0 Å². The van der Waals surface area contributed by atoms with Crippen LogP contribution in [0.1, 0.15) is 56.1 Å². The third kappa shape index (κ3) is 3.74. The first-order valence-corrected chi connectivity index (χ1v) is 8.14. The molecule has 1 amide bonds. The molecule has 3 rings (SSSR count). The number of nitrogens with one attached hydrogen (secondary N) is 2. The fourth-order valence-electron chi connectivity index (χ4n) is 2.69. The molecule has 124 valence electrons. The lowest BCUT2D eigenvalue weighted by Gasteiger charge is -2.21. The number of ether oxygens (including phenoxy) is 1. The molecule has 1 atom stereocenters. The van der Waals surface area contributed by atoms with E-state index in [1.165, 1.54) is 5.56 Å². The first-order valence-electron chi connectivity index (χ1n) is 8.14. The number of hydrogen-bond acceptors (Lipinski definition) is 3. The van der Waals surface area contributed by atoms with Gasteiger partial charge in [0.1, 0.15) is 5.69 Å². The molecule has 0 saturated carbocycles. The van der Waals surface area contributed by atoms with Crippen LogP contribution >= 0.6 is 0 Å². The van der Waals surface area contributed by atoms with Crippen molar-refractivity contribution < 1.29 is 14.4 Å². The second kappa shape index (κ2) is 6.34. The third-order valence-corrected chi connectivity index (χ3v) is 4.15. The summed E-state index contributed by atoms with van der Waals surface area (Å²) in [6.07, 6.45) is 2.57. The number of H-pyrrole nitrogens is 1. The lowest BCUT2D eigenvalue weighted by atomic mass is 9.87. The monoisotopic (exact) mass is 316 g/mol. The molecule has 1 fully saturated rings. The number of hydrogen-bond donors (Lipinski definition) is 2. The number of amides is 1. The van der Waals surface area contributed by atoms with Crippen molar-refractivity contribution in [3.05, 3.63) is 35.5 Å². The summed E-state index contributed by atoms with van der Waals surface area (Å²) in [4.78, 5) is 20.7. The topological polar surface area (TPSA) is 63.4 Å². The molecule has 1 aliphatic rings. The van der Waals surface area contributed by atoms with Gasteiger partial charge in [-0.25, -0.2) is 10.3 Å². The van der Waals surface area contributed by atoms with Gasteiger partial charge >= 0.3 is 0 Å². The van der Waals surface area contributed by atoms with Crippen LogP contribution in [0.25, 0.3) is 10.9 Å². The summed E-state index contributed by atoms with van der Waals surface area (Å²) < 4.78 is 5.43. The quantitative estimate of drug-likeness (QED) is 0.850. The molecule has 2 heterocycles. The minimum absolute atomic E-state index is 0.0726. The van der Waals surface area contributed by atoms with Gasteiger partial charge < -0.3 is 9.72 Å². The first kappa shape index (κ1) is 16.0. The van der Waals surface area contributed by atoms with Crippen LogP contribution < -0.4 is 5.48 Å². The van der Waals surface area contributed by atoms with Gasteiger partial charge in [0, 0.05) is 23.9 Å². The van der Waals surface area contributed by atoms with Gasteiger partial charge in [0.15, 0.2) is 6.29 Å². The predicted molar refractivity (Wildman–Crippen MR) is 89.1 cm³/mol. The van der Waals surface area contributed by atoms with Crippen LogP contribution in [0.3, 0.4) is 0 Å². The van der Waals surface area contributed by atoms with E-state index < -0.39 is 0 Å². The van der Waals surface area contributed by atoms with Crippen molar-refractivity contribution in [2.24, 2.45) is 0 Å². The SMILES string of the molecule is CC(C)(C)c1ccc2cc(C(=O)NOC3CCCCO3)[nH]c2c1. The second-order valence-corrected chi connectivity index (χ2v) is 7.08. The van der Waals surface area contributed by atoms with E-state index in [1.807, 2.05) is 12.1 Å². The zero-order chi connectivity index (χ0) is 16.4. The minimum Gasteiger partial charge on any atom is -0.350 e. The van der Waals surface area contributed by atoms with Gasteiger partial charge in [0.2, 0.25) is 0 Å². The van der Waals surface area contributed by atoms with Crippen molar-refractivity contribution in [3.63, 3.8) is 0 Å². The molecule has 23 heavy (non-hydrogen) atoms. The van der Waals surface area contributed by atoms with Gasteiger partial charge in [-0.3, -0.25) is 4.79 Å². The Labute approximate surface area is 136 Å². The molecular formula is C18H24N2O3. The van der Waals surface area contributed by atoms with Gasteiger partial charge in [-0.2, -0.15) is 0 Å². The molecule has 2 aromatic rings. The fraction of sp³-hybridized carbons (Fsp3) is 0.500.